The number of hydrogen-bond acceptors (Lipinski definition) is 3. The molecule has 3 aromatic carbocycles. The lowest BCUT2D eigenvalue weighted by Crippen LogP contribution is -2.12. The van der Waals surface area contributed by atoms with E-state index in [2.05, 4.69) is 30.5 Å². The third kappa shape index (κ3) is 4.35. The topological polar surface area (TPSA) is 47.3 Å². The van der Waals surface area contributed by atoms with Crippen molar-refractivity contribution in [2.75, 3.05) is 6.61 Å². The lowest BCUT2D eigenvalue weighted by Gasteiger charge is -2.15. The number of fused-ring (bicyclic) bond motifs is 1. The molecule has 1 heterocycles. The fraction of sp³-hybridized carbons (Fsp3) is 0.240. The van der Waals surface area contributed by atoms with Crippen LogP contribution < -0.4 is 4.74 Å². The molecule has 1 atom stereocenters. The molecule has 0 spiro atoms. The number of halogens is 1. The molecule has 154 valence electrons. The van der Waals surface area contributed by atoms with Crippen molar-refractivity contribution >= 4 is 22.6 Å². The molecule has 1 aromatic heterocycles. The maximum absolute atomic E-state index is 11.0. The zero-order valence-electron chi connectivity index (χ0n) is 17.2. The molecule has 1 N–H and O–H groups in total. The van der Waals surface area contributed by atoms with E-state index in [4.69, 9.17) is 21.3 Å². The number of imidazole rings is 1. The largest absolute Gasteiger partial charge is 0.494 e. The Balaban J connectivity index is 1.59. The number of aryl methyl sites for hydroxylation is 3. The van der Waals surface area contributed by atoms with Crippen molar-refractivity contribution in [1.82, 2.24) is 9.55 Å². The van der Waals surface area contributed by atoms with E-state index in [1.54, 1.807) is 0 Å². The van der Waals surface area contributed by atoms with Gasteiger partial charge in [-0.25, -0.2) is 4.98 Å². The molecule has 0 amide bonds. The maximum atomic E-state index is 11.0. The van der Waals surface area contributed by atoms with E-state index in [1.165, 1.54) is 11.1 Å². The number of hydrogen-bond donors (Lipinski definition) is 1. The van der Waals surface area contributed by atoms with E-state index in [9.17, 15) is 5.11 Å². The average molecular weight is 421 g/mol. The van der Waals surface area contributed by atoms with Crippen LogP contribution >= 0.6 is 11.6 Å². The minimum atomic E-state index is -0.781. The minimum Gasteiger partial charge on any atom is -0.494 e. The SMILES string of the molecule is Cc1cc2nc(C(O)c3ccccc3)n(CCCOc3ccc(Cl)cc3)c2cc1C. The first kappa shape index (κ1) is 20.5. The summed E-state index contributed by atoms with van der Waals surface area (Å²) in [5.41, 5.74) is 5.18. The lowest BCUT2D eigenvalue weighted by molar-refractivity contribution is 0.203. The van der Waals surface area contributed by atoms with Crippen LogP contribution in [0.4, 0.5) is 0 Å². The van der Waals surface area contributed by atoms with E-state index in [0.29, 0.717) is 24.0 Å². The first-order chi connectivity index (χ1) is 14.5. The normalized spacial score (nSPS) is 12.3. The van der Waals surface area contributed by atoms with E-state index in [-0.39, 0.29) is 0 Å². The van der Waals surface area contributed by atoms with Crippen molar-refractivity contribution < 1.29 is 9.84 Å². The number of nitrogens with zero attached hydrogens (tertiary/aromatic N) is 2. The second-order valence-electron chi connectivity index (χ2n) is 7.52. The minimum absolute atomic E-state index is 0.563. The molecule has 4 nitrogen and oxygen atoms in total. The molecule has 5 heteroatoms. The molecule has 4 aromatic rings. The Morgan fingerprint density at radius 1 is 1.00 bits per heavy atom. The average Bonchev–Trinajstić information content (AvgIpc) is 3.10. The molecule has 0 aliphatic carbocycles. The highest BCUT2D eigenvalue weighted by molar-refractivity contribution is 6.30. The molecule has 0 saturated heterocycles. The third-order valence-electron chi connectivity index (χ3n) is 5.36. The van der Waals surface area contributed by atoms with Crippen LogP contribution in [0.2, 0.25) is 5.02 Å². The molecular formula is C25H25ClN2O2. The van der Waals surface area contributed by atoms with Gasteiger partial charge in [0.05, 0.1) is 17.6 Å². The van der Waals surface area contributed by atoms with Gasteiger partial charge in [-0.1, -0.05) is 41.9 Å². The summed E-state index contributed by atoms with van der Waals surface area (Å²) in [7, 11) is 0. The summed E-state index contributed by atoms with van der Waals surface area (Å²) in [6.07, 6.45) is 0.00611. The fourth-order valence-corrected chi connectivity index (χ4v) is 3.70. The number of aliphatic hydroxyl groups excluding tert-OH is 1. The molecule has 0 fully saturated rings. The van der Waals surface area contributed by atoms with Gasteiger partial charge in [0.25, 0.3) is 0 Å². The van der Waals surface area contributed by atoms with Gasteiger partial charge in [0.15, 0.2) is 0 Å². The van der Waals surface area contributed by atoms with Crippen molar-refractivity contribution in [3.63, 3.8) is 0 Å². The van der Waals surface area contributed by atoms with Gasteiger partial charge in [-0.15, -0.1) is 0 Å². The monoisotopic (exact) mass is 420 g/mol. The summed E-state index contributed by atoms with van der Waals surface area (Å²) < 4.78 is 7.96. The van der Waals surface area contributed by atoms with Gasteiger partial charge < -0.3 is 14.4 Å². The Morgan fingerprint density at radius 3 is 2.43 bits per heavy atom. The van der Waals surface area contributed by atoms with Crippen LogP contribution in [-0.4, -0.2) is 21.3 Å². The Hall–Kier alpha value is -2.82. The summed E-state index contributed by atoms with van der Waals surface area (Å²) in [5.74, 6) is 1.46. The molecule has 0 aliphatic heterocycles. The molecule has 0 aliphatic rings. The van der Waals surface area contributed by atoms with E-state index in [1.807, 2.05) is 54.6 Å². The maximum Gasteiger partial charge on any atom is 0.143 e. The van der Waals surface area contributed by atoms with Crippen molar-refractivity contribution in [3.8, 4) is 5.75 Å². The van der Waals surface area contributed by atoms with Gasteiger partial charge in [0, 0.05) is 11.6 Å². The van der Waals surface area contributed by atoms with E-state index in [0.717, 1.165) is 28.8 Å². The Labute approximate surface area is 181 Å². The first-order valence-corrected chi connectivity index (χ1v) is 10.5. The molecule has 0 bridgehead atoms. The molecule has 0 radical (unpaired) electrons. The predicted octanol–water partition coefficient (Wildman–Crippen LogP) is 5.86. The van der Waals surface area contributed by atoms with Crippen molar-refractivity contribution in [2.45, 2.75) is 32.9 Å². The van der Waals surface area contributed by atoms with E-state index >= 15 is 0 Å². The number of benzene rings is 3. The Kier molecular flexibility index (Phi) is 6.07. The second kappa shape index (κ2) is 8.90. The van der Waals surface area contributed by atoms with Crippen molar-refractivity contribution in [2.24, 2.45) is 0 Å². The third-order valence-corrected chi connectivity index (χ3v) is 5.61. The number of rotatable bonds is 7. The van der Waals surface area contributed by atoms with Crippen LogP contribution in [0.5, 0.6) is 5.75 Å². The smallest absolute Gasteiger partial charge is 0.143 e. The summed E-state index contributed by atoms with van der Waals surface area (Å²) in [6.45, 7) is 5.45. The number of aliphatic hydroxyl groups is 1. The van der Waals surface area contributed by atoms with E-state index < -0.39 is 6.10 Å². The van der Waals surface area contributed by atoms with Gasteiger partial charge in [0.2, 0.25) is 0 Å². The van der Waals surface area contributed by atoms with Crippen molar-refractivity contribution in [1.29, 1.82) is 0 Å². The molecular weight excluding hydrogens is 396 g/mol. The van der Waals surface area contributed by atoms with Crippen molar-refractivity contribution in [3.05, 3.63) is 94.3 Å². The van der Waals surface area contributed by atoms with Gasteiger partial charge in [-0.3, -0.25) is 0 Å². The zero-order chi connectivity index (χ0) is 21.1. The molecule has 1 unspecified atom stereocenters. The quantitative estimate of drug-likeness (QED) is 0.381. The van der Waals surface area contributed by atoms with Crippen LogP contribution in [0.15, 0.2) is 66.7 Å². The van der Waals surface area contributed by atoms with Gasteiger partial charge in [0.1, 0.15) is 17.7 Å². The van der Waals surface area contributed by atoms with Crippen LogP contribution in [0.3, 0.4) is 0 Å². The predicted molar refractivity (Wildman–Crippen MR) is 121 cm³/mol. The van der Waals surface area contributed by atoms with Crippen LogP contribution in [0.1, 0.15) is 35.0 Å². The summed E-state index contributed by atoms with van der Waals surface area (Å²) in [5, 5.41) is 11.7. The summed E-state index contributed by atoms with van der Waals surface area (Å²) in [4.78, 5) is 4.80. The number of ether oxygens (including phenoxy) is 1. The standard InChI is InChI=1S/C25H25ClN2O2/c1-17-15-22-23(16-18(17)2)28(13-6-14-30-21-11-9-20(26)10-12-21)25(27-22)24(29)19-7-4-3-5-8-19/h3-5,7-12,15-16,24,29H,6,13-14H2,1-2H3. The molecule has 0 saturated carbocycles. The highest BCUT2D eigenvalue weighted by Crippen LogP contribution is 2.28. The van der Waals surface area contributed by atoms with Crippen LogP contribution in [0.25, 0.3) is 11.0 Å². The second-order valence-corrected chi connectivity index (χ2v) is 7.95. The molecule has 4 rings (SSSR count). The van der Waals surface area contributed by atoms with Crippen LogP contribution in [0, 0.1) is 13.8 Å². The number of aromatic nitrogens is 2. The summed E-state index contributed by atoms with van der Waals surface area (Å²) in [6, 6.07) is 21.3. The zero-order valence-corrected chi connectivity index (χ0v) is 17.9. The summed E-state index contributed by atoms with van der Waals surface area (Å²) >= 11 is 5.93. The Bertz CT molecular complexity index is 1140. The highest BCUT2D eigenvalue weighted by atomic mass is 35.5. The highest BCUT2D eigenvalue weighted by Gasteiger charge is 2.20. The molecule has 30 heavy (non-hydrogen) atoms. The van der Waals surface area contributed by atoms with Crippen LogP contribution in [-0.2, 0) is 6.54 Å². The van der Waals surface area contributed by atoms with Gasteiger partial charge >= 0.3 is 0 Å². The Morgan fingerprint density at radius 2 is 1.70 bits per heavy atom. The van der Waals surface area contributed by atoms with Gasteiger partial charge in [-0.2, -0.15) is 0 Å². The van der Waals surface area contributed by atoms with Gasteiger partial charge in [-0.05, 0) is 73.4 Å². The lowest BCUT2D eigenvalue weighted by atomic mass is 10.1. The fourth-order valence-electron chi connectivity index (χ4n) is 3.57. The first-order valence-electron chi connectivity index (χ1n) is 10.1.